The lowest BCUT2D eigenvalue weighted by Crippen LogP contribution is -2.48. The van der Waals surface area contributed by atoms with Gasteiger partial charge in [0.1, 0.15) is 5.75 Å². The zero-order valence-electron chi connectivity index (χ0n) is 16.6. The number of likely N-dealkylation sites (tertiary alicyclic amines) is 1. The minimum Gasteiger partial charge on any atom is -0.482 e. The Labute approximate surface area is 171 Å². The molecule has 29 heavy (non-hydrogen) atoms. The van der Waals surface area contributed by atoms with Crippen LogP contribution in [0.4, 0.5) is 5.69 Å². The molecule has 8 nitrogen and oxygen atoms in total. The average Bonchev–Trinajstić information content (AvgIpc) is 2.73. The molecule has 0 unspecified atom stereocenters. The molecular weight excluding hydrogens is 394 g/mol. The predicted molar refractivity (Wildman–Crippen MR) is 107 cm³/mol. The zero-order valence-corrected chi connectivity index (χ0v) is 17.4. The zero-order chi connectivity index (χ0) is 20.6. The molecule has 2 amide bonds. The van der Waals surface area contributed by atoms with Gasteiger partial charge in [-0.05, 0) is 49.8 Å². The van der Waals surface area contributed by atoms with Gasteiger partial charge in [0.2, 0.25) is 15.9 Å². The fraction of sp³-hybridized carbons (Fsp3) is 0.600. The normalized spacial score (nSPS) is 23.8. The molecule has 0 aliphatic carbocycles. The van der Waals surface area contributed by atoms with E-state index in [2.05, 4.69) is 12.2 Å². The fourth-order valence-corrected chi connectivity index (χ4v) is 5.77. The summed E-state index contributed by atoms with van der Waals surface area (Å²) >= 11 is 0. The van der Waals surface area contributed by atoms with Crippen LogP contribution in [0.1, 0.15) is 32.6 Å². The number of nitrogens with zero attached hydrogens (tertiary/aromatic N) is 2. The summed E-state index contributed by atoms with van der Waals surface area (Å²) in [5.74, 6) is 0.548. The summed E-state index contributed by atoms with van der Waals surface area (Å²) in [6, 6.07) is 4.48. The minimum absolute atomic E-state index is 0.0721. The summed E-state index contributed by atoms with van der Waals surface area (Å²) in [5.41, 5.74) is 0.356. The Morgan fingerprint density at radius 3 is 2.69 bits per heavy atom. The van der Waals surface area contributed by atoms with E-state index in [0.717, 1.165) is 25.9 Å². The molecule has 1 N–H and O–H groups in total. The van der Waals surface area contributed by atoms with Crippen molar-refractivity contribution >= 4 is 27.5 Å². The lowest BCUT2D eigenvalue weighted by atomic mass is 9.94. The van der Waals surface area contributed by atoms with Crippen LogP contribution in [-0.4, -0.2) is 62.2 Å². The first kappa shape index (κ1) is 20.2. The van der Waals surface area contributed by atoms with Crippen LogP contribution in [0.2, 0.25) is 0 Å². The maximum Gasteiger partial charge on any atom is 0.262 e. The van der Waals surface area contributed by atoms with Crippen molar-refractivity contribution in [2.45, 2.75) is 37.5 Å². The molecule has 9 heteroatoms. The number of hydrogen-bond donors (Lipinski definition) is 1. The SMILES string of the molecule is CC1CCN(C(=O)[C@@H]2CCCN(S(=O)(=O)c3ccc4c(c3)NC(=O)CO4)C2)CC1. The van der Waals surface area contributed by atoms with Crippen molar-refractivity contribution in [3.8, 4) is 5.75 Å². The van der Waals surface area contributed by atoms with Crippen molar-refractivity contribution in [2.24, 2.45) is 11.8 Å². The Hall–Kier alpha value is -2.13. The van der Waals surface area contributed by atoms with Gasteiger partial charge in [-0.2, -0.15) is 4.31 Å². The number of carbonyl (C=O) groups is 2. The second kappa shape index (κ2) is 7.95. The second-order valence-corrected chi connectivity index (χ2v) is 10.1. The number of hydrogen-bond acceptors (Lipinski definition) is 5. The number of benzene rings is 1. The maximum atomic E-state index is 13.2. The van der Waals surface area contributed by atoms with E-state index in [1.54, 1.807) is 6.07 Å². The van der Waals surface area contributed by atoms with Crippen molar-refractivity contribution in [1.82, 2.24) is 9.21 Å². The van der Waals surface area contributed by atoms with E-state index >= 15 is 0 Å². The highest BCUT2D eigenvalue weighted by Gasteiger charge is 2.36. The molecule has 0 bridgehead atoms. The number of sulfonamides is 1. The quantitative estimate of drug-likeness (QED) is 0.801. The van der Waals surface area contributed by atoms with Gasteiger partial charge in [-0.15, -0.1) is 0 Å². The third-order valence-electron chi connectivity index (χ3n) is 6.05. The molecule has 4 rings (SSSR count). The summed E-state index contributed by atoms with van der Waals surface area (Å²) in [7, 11) is -3.76. The fourth-order valence-electron chi connectivity index (χ4n) is 4.22. The molecule has 2 saturated heterocycles. The number of anilines is 1. The summed E-state index contributed by atoms with van der Waals surface area (Å²) in [6.45, 7) is 4.23. The molecule has 3 aliphatic rings. The van der Waals surface area contributed by atoms with E-state index < -0.39 is 10.0 Å². The van der Waals surface area contributed by atoms with Crippen LogP contribution in [0.15, 0.2) is 23.1 Å². The van der Waals surface area contributed by atoms with Gasteiger partial charge >= 0.3 is 0 Å². The van der Waals surface area contributed by atoms with Gasteiger partial charge in [0.15, 0.2) is 6.61 Å². The van der Waals surface area contributed by atoms with Gasteiger partial charge in [-0.1, -0.05) is 6.92 Å². The van der Waals surface area contributed by atoms with E-state index in [9.17, 15) is 18.0 Å². The van der Waals surface area contributed by atoms with Crippen molar-refractivity contribution < 1.29 is 22.7 Å². The van der Waals surface area contributed by atoms with Crippen LogP contribution < -0.4 is 10.1 Å². The molecule has 0 saturated carbocycles. The van der Waals surface area contributed by atoms with Crippen LogP contribution in [0.25, 0.3) is 0 Å². The number of piperidine rings is 2. The molecule has 2 fully saturated rings. The number of ether oxygens (including phenoxy) is 1. The van der Waals surface area contributed by atoms with E-state index in [0.29, 0.717) is 36.7 Å². The summed E-state index contributed by atoms with van der Waals surface area (Å²) in [4.78, 5) is 26.5. The summed E-state index contributed by atoms with van der Waals surface area (Å²) < 4.78 is 33.1. The Kier molecular flexibility index (Phi) is 5.52. The monoisotopic (exact) mass is 421 g/mol. The molecule has 0 aromatic heterocycles. The van der Waals surface area contributed by atoms with Crippen LogP contribution >= 0.6 is 0 Å². The maximum absolute atomic E-state index is 13.2. The highest BCUT2D eigenvalue weighted by Crippen LogP contribution is 2.33. The standard InChI is InChI=1S/C20H27N3O5S/c1-14-6-9-22(10-7-14)20(25)15-3-2-8-23(12-15)29(26,27)16-4-5-18-17(11-16)21-19(24)13-28-18/h4-5,11,14-15H,2-3,6-10,12-13H2,1H3,(H,21,24)/t15-/m1/s1. The smallest absolute Gasteiger partial charge is 0.262 e. The van der Waals surface area contributed by atoms with E-state index in [1.807, 2.05) is 4.90 Å². The molecule has 1 atom stereocenters. The summed E-state index contributed by atoms with van der Waals surface area (Å²) in [6.07, 6.45) is 3.38. The predicted octanol–water partition coefficient (Wildman–Crippen LogP) is 1.68. The van der Waals surface area contributed by atoms with Crippen LogP contribution in [0.3, 0.4) is 0 Å². The number of amides is 2. The molecule has 158 valence electrons. The van der Waals surface area contributed by atoms with Crippen molar-refractivity contribution in [2.75, 3.05) is 38.1 Å². The third kappa shape index (κ3) is 4.11. The van der Waals surface area contributed by atoms with Gasteiger partial charge in [0.05, 0.1) is 16.5 Å². The number of rotatable bonds is 3. The molecule has 3 heterocycles. The first-order valence-electron chi connectivity index (χ1n) is 10.2. The van der Waals surface area contributed by atoms with Crippen molar-refractivity contribution in [3.05, 3.63) is 18.2 Å². The molecule has 1 aromatic rings. The molecule has 1 aromatic carbocycles. The first-order chi connectivity index (χ1) is 13.8. The molecule has 3 aliphatic heterocycles. The van der Waals surface area contributed by atoms with Gasteiger partial charge in [0, 0.05) is 26.2 Å². The van der Waals surface area contributed by atoms with Gasteiger partial charge in [0.25, 0.3) is 5.91 Å². The van der Waals surface area contributed by atoms with Crippen molar-refractivity contribution in [3.63, 3.8) is 0 Å². The Balaban J connectivity index is 1.49. The Morgan fingerprint density at radius 2 is 1.93 bits per heavy atom. The molecular formula is C20H27N3O5S. The van der Waals surface area contributed by atoms with E-state index in [4.69, 9.17) is 4.74 Å². The molecule has 0 radical (unpaired) electrons. The average molecular weight is 422 g/mol. The molecule has 0 spiro atoms. The van der Waals surface area contributed by atoms with Crippen LogP contribution in [0.5, 0.6) is 5.75 Å². The minimum atomic E-state index is -3.76. The third-order valence-corrected chi connectivity index (χ3v) is 7.91. The topological polar surface area (TPSA) is 96.0 Å². The van der Waals surface area contributed by atoms with Gasteiger partial charge in [-0.3, -0.25) is 9.59 Å². The van der Waals surface area contributed by atoms with Gasteiger partial charge in [-0.25, -0.2) is 8.42 Å². The van der Waals surface area contributed by atoms with Crippen LogP contribution in [0, 0.1) is 11.8 Å². The Bertz CT molecular complexity index is 909. The highest BCUT2D eigenvalue weighted by molar-refractivity contribution is 7.89. The second-order valence-electron chi connectivity index (χ2n) is 8.20. The lowest BCUT2D eigenvalue weighted by molar-refractivity contribution is -0.138. The highest BCUT2D eigenvalue weighted by atomic mass is 32.2. The number of fused-ring (bicyclic) bond motifs is 1. The van der Waals surface area contributed by atoms with Crippen LogP contribution in [-0.2, 0) is 19.6 Å². The van der Waals surface area contributed by atoms with Gasteiger partial charge < -0.3 is 15.0 Å². The largest absolute Gasteiger partial charge is 0.482 e. The van der Waals surface area contributed by atoms with E-state index in [-0.39, 0.29) is 35.8 Å². The first-order valence-corrected chi connectivity index (χ1v) is 11.6. The summed E-state index contributed by atoms with van der Waals surface area (Å²) in [5, 5.41) is 2.64. The number of nitrogens with one attached hydrogen (secondary N) is 1. The van der Waals surface area contributed by atoms with E-state index in [1.165, 1.54) is 16.4 Å². The lowest BCUT2D eigenvalue weighted by Gasteiger charge is -2.37. The van der Waals surface area contributed by atoms with Crippen molar-refractivity contribution in [1.29, 1.82) is 0 Å². The number of carbonyl (C=O) groups excluding carboxylic acids is 2. The Morgan fingerprint density at radius 1 is 1.17 bits per heavy atom.